The molecule has 2 aromatic rings. The van der Waals surface area contributed by atoms with Gasteiger partial charge in [-0.2, -0.15) is 0 Å². The van der Waals surface area contributed by atoms with Gasteiger partial charge in [-0.15, -0.1) is 0 Å². The van der Waals surface area contributed by atoms with E-state index in [9.17, 15) is 4.79 Å². The number of unbranched alkanes of at least 4 members (excludes halogenated alkanes) is 11. The van der Waals surface area contributed by atoms with Gasteiger partial charge < -0.3 is 5.11 Å². The van der Waals surface area contributed by atoms with Gasteiger partial charge in [0, 0.05) is 6.42 Å². The van der Waals surface area contributed by atoms with Crippen molar-refractivity contribution in [2.75, 3.05) is 0 Å². The largest absolute Gasteiger partial charge is 0.481 e. The minimum Gasteiger partial charge on any atom is -0.481 e. The van der Waals surface area contributed by atoms with Crippen LogP contribution in [0.1, 0.15) is 96.8 Å². The summed E-state index contributed by atoms with van der Waals surface area (Å²) in [7, 11) is 0. The predicted octanol–water partition coefficient (Wildman–Crippen LogP) is 8.95. The zero-order chi connectivity index (χ0) is 21.7. The molecule has 0 bridgehead atoms. The average Bonchev–Trinajstić information content (AvgIpc) is 2.77. The zero-order valence-corrected chi connectivity index (χ0v) is 19.0. The lowest BCUT2D eigenvalue weighted by Gasteiger charge is -1.99. The summed E-state index contributed by atoms with van der Waals surface area (Å²) < 4.78 is 0. The number of carbonyl (C=O) groups is 1. The molecule has 0 aromatic heterocycles. The molecule has 166 valence electrons. The Morgan fingerprint density at radius 3 is 1.50 bits per heavy atom. The average molecular weight is 411 g/mol. The third kappa shape index (κ3) is 14.8. The Balaban J connectivity index is 0.000000367. The summed E-state index contributed by atoms with van der Waals surface area (Å²) in [5.41, 5.74) is 0. The van der Waals surface area contributed by atoms with Crippen molar-refractivity contribution in [3.8, 4) is 0 Å². The second kappa shape index (κ2) is 18.9. The molecule has 1 N–H and O–H groups in total. The highest BCUT2D eigenvalue weighted by Crippen LogP contribution is 2.11. The topological polar surface area (TPSA) is 37.3 Å². The quantitative estimate of drug-likeness (QED) is 0.235. The lowest BCUT2D eigenvalue weighted by molar-refractivity contribution is -0.137. The molecule has 0 radical (unpaired) electrons. The molecule has 0 heterocycles. The van der Waals surface area contributed by atoms with Crippen molar-refractivity contribution in [2.45, 2.75) is 96.8 Å². The molecule has 0 amide bonds. The fourth-order valence-electron chi connectivity index (χ4n) is 3.48. The van der Waals surface area contributed by atoms with Crippen LogP contribution in [0.2, 0.25) is 0 Å². The number of carboxylic acids is 1. The Morgan fingerprint density at radius 2 is 1.07 bits per heavy atom. The van der Waals surface area contributed by atoms with Gasteiger partial charge in [-0.05, 0) is 42.9 Å². The maximum atomic E-state index is 10.3. The van der Waals surface area contributed by atoms with Gasteiger partial charge in [0.25, 0.3) is 0 Å². The molecule has 0 aliphatic carbocycles. The molecule has 0 saturated heterocycles. The van der Waals surface area contributed by atoms with Crippen molar-refractivity contribution in [3.05, 3.63) is 60.7 Å². The number of hydrogen-bond donors (Lipinski definition) is 1. The standard InChI is InChI=1S/C18H34O2.C10H8/c1-2-3-4-5-6-7-8-9-10-11-12-13-14-15-16-17-18(19)20;1-2-6-10-8-4-3-7-9(10)5-1/h9-10H,2-8,11-17H2,1H3,(H,19,20);1-8H. The number of carboxylic acid groups (broad SMARTS) is 1. The first kappa shape index (κ1) is 25.9. The first-order valence-corrected chi connectivity index (χ1v) is 12.0. The van der Waals surface area contributed by atoms with Gasteiger partial charge in [0.15, 0.2) is 0 Å². The highest BCUT2D eigenvalue weighted by molar-refractivity contribution is 5.82. The van der Waals surface area contributed by atoms with E-state index in [0.717, 1.165) is 12.8 Å². The molecule has 0 unspecified atom stereocenters. The summed E-state index contributed by atoms with van der Waals surface area (Å²) in [6.45, 7) is 2.26. The van der Waals surface area contributed by atoms with Gasteiger partial charge in [0.2, 0.25) is 0 Å². The van der Waals surface area contributed by atoms with Crippen molar-refractivity contribution >= 4 is 16.7 Å². The number of allylic oxidation sites excluding steroid dienone is 2. The second-order valence-corrected chi connectivity index (χ2v) is 8.08. The lowest BCUT2D eigenvalue weighted by atomic mass is 10.1. The third-order valence-corrected chi connectivity index (χ3v) is 5.31. The minimum absolute atomic E-state index is 0.332. The Bertz CT molecular complexity index is 624. The van der Waals surface area contributed by atoms with E-state index in [1.54, 1.807) is 0 Å². The molecule has 2 nitrogen and oxygen atoms in total. The van der Waals surface area contributed by atoms with Crippen LogP contribution in [0.25, 0.3) is 10.8 Å². The summed E-state index contributed by atoms with van der Waals surface area (Å²) in [6.07, 6.45) is 21.2. The SMILES string of the molecule is CCCCCCCCC=CCCCCCCCC(=O)O.c1ccc2ccccc2c1. The Kier molecular flexibility index (Phi) is 16.4. The van der Waals surface area contributed by atoms with Crippen LogP contribution < -0.4 is 0 Å². The number of rotatable bonds is 15. The molecule has 0 aliphatic rings. The smallest absolute Gasteiger partial charge is 0.303 e. The highest BCUT2D eigenvalue weighted by Gasteiger charge is 1.95. The zero-order valence-electron chi connectivity index (χ0n) is 19.0. The molecule has 0 spiro atoms. The molecular formula is C28H42O2. The molecule has 0 fully saturated rings. The van der Waals surface area contributed by atoms with E-state index in [4.69, 9.17) is 5.11 Å². The first-order chi connectivity index (χ1) is 14.7. The molecule has 30 heavy (non-hydrogen) atoms. The van der Waals surface area contributed by atoms with Gasteiger partial charge in [-0.25, -0.2) is 0 Å². The molecule has 0 saturated carbocycles. The lowest BCUT2D eigenvalue weighted by Crippen LogP contribution is -1.93. The monoisotopic (exact) mass is 410 g/mol. The maximum absolute atomic E-state index is 10.3. The molecule has 2 rings (SSSR count). The van der Waals surface area contributed by atoms with Gasteiger partial charge in [-0.1, -0.05) is 119 Å². The summed E-state index contributed by atoms with van der Waals surface area (Å²) in [5, 5.41) is 11.1. The number of fused-ring (bicyclic) bond motifs is 1. The van der Waals surface area contributed by atoms with E-state index in [2.05, 4.69) is 67.6 Å². The predicted molar refractivity (Wildman–Crippen MR) is 131 cm³/mol. The summed E-state index contributed by atoms with van der Waals surface area (Å²) >= 11 is 0. The summed E-state index contributed by atoms with van der Waals surface area (Å²) in [4.78, 5) is 10.3. The van der Waals surface area contributed by atoms with Crippen LogP contribution in [-0.4, -0.2) is 11.1 Å². The Hall–Kier alpha value is -2.09. The van der Waals surface area contributed by atoms with Crippen LogP contribution in [-0.2, 0) is 4.79 Å². The minimum atomic E-state index is -0.664. The van der Waals surface area contributed by atoms with E-state index in [0.29, 0.717) is 6.42 Å². The van der Waals surface area contributed by atoms with Crippen LogP contribution in [0.5, 0.6) is 0 Å². The van der Waals surface area contributed by atoms with Crippen LogP contribution in [0.4, 0.5) is 0 Å². The normalized spacial score (nSPS) is 10.8. The summed E-state index contributed by atoms with van der Waals surface area (Å²) in [5.74, 6) is -0.664. The van der Waals surface area contributed by atoms with Crippen molar-refractivity contribution in [1.29, 1.82) is 0 Å². The van der Waals surface area contributed by atoms with E-state index >= 15 is 0 Å². The first-order valence-electron chi connectivity index (χ1n) is 12.0. The third-order valence-electron chi connectivity index (χ3n) is 5.31. The second-order valence-electron chi connectivity index (χ2n) is 8.08. The van der Waals surface area contributed by atoms with Crippen LogP contribution in [0.15, 0.2) is 60.7 Å². The van der Waals surface area contributed by atoms with Gasteiger partial charge in [-0.3, -0.25) is 4.79 Å². The number of aliphatic carboxylic acids is 1. The van der Waals surface area contributed by atoms with E-state index < -0.39 is 5.97 Å². The molecular weight excluding hydrogens is 368 g/mol. The van der Waals surface area contributed by atoms with Crippen LogP contribution in [0, 0.1) is 0 Å². The van der Waals surface area contributed by atoms with Gasteiger partial charge in [0.1, 0.15) is 0 Å². The number of hydrogen-bond acceptors (Lipinski definition) is 1. The Labute approximate surface area is 184 Å². The number of benzene rings is 2. The van der Waals surface area contributed by atoms with Crippen LogP contribution >= 0.6 is 0 Å². The van der Waals surface area contributed by atoms with Crippen molar-refractivity contribution in [2.24, 2.45) is 0 Å². The van der Waals surface area contributed by atoms with Crippen molar-refractivity contribution in [3.63, 3.8) is 0 Å². The molecule has 2 aromatic carbocycles. The van der Waals surface area contributed by atoms with E-state index in [1.807, 2.05) is 0 Å². The Morgan fingerprint density at radius 1 is 0.667 bits per heavy atom. The van der Waals surface area contributed by atoms with Gasteiger partial charge in [0.05, 0.1) is 0 Å². The van der Waals surface area contributed by atoms with E-state index in [-0.39, 0.29) is 0 Å². The highest BCUT2D eigenvalue weighted by atomic mass is 16.4. The van der Waals surface area contributed by atoms with Crippen molar-refractivity contribution < 1.29 is 9.90 Å². The fourth-order valence-corrected chi connectivity index (χ4v) is 3.48. The fraction of sp³-hybridized carbons (Fsp3) is 0.536. The molecule has 0 aliphatic heterocycles. The molecule has 2 heteroatoms. The maximum Gasteiger partial charge on any atom is 0.303 e. The van der Waals surface area contributed by atoms with E-state index in [1.165, 1.54) is 81.4 Å². The van der Waals surface area contributed by atoms with Crippen LogP contribution in [0.3, 0.4) is 0 Å². The summed E-state index contributed by atoms with van der Waals surface area (Å²) in [6, 6.07) is 16.7. The van der Waals surface area contributed by atoms with Gasteiger partial charge >= 0.3 is 5.97 Å². The molecule has 0 atom stereocenters. The van der Waals surface area contributed by atoms with Crippen molar-refractivity contribution in [1.82, 2.24) is 0 Å².